The van der Waals surface area contributed by atoms with Crippen molar-refractivity contribution < 1.29 is 9.90 Å². The van der Waals surface area contributed by atoms with Crippen molar-refractivity contribution in [3.63, 3.8) is 0 Å². The summed E-state index contributed by atoms with van der Waals surface area (Å²) >= 11 is 0. The van der Waals surface area contributed by atoms with E-state index in [0.717, 1.165) is 42.4 Å². The summed E-state index contributed by atoms with van der Waals surface area (Å²) in [6.45, 7) is 4.09. The molecule has 0 spiro atoms. The minimum absolute atomic E-state index is 0.0395. The van der Waals surface area contributed by atoms with Crippen molar-refractivity contribution in [2.45, 2.75) is 58.0 Å². The molecule has 1 N–H and O–H groups in total. The summed E-state index contributed by atoms with van der Waals surface area (Å²) in [5, 5.41) is 17.9. The molecule has 0 saturated heterocycles. The SMILES string of the molecule is CC[C@@H]1c2nnc(C)n2-c2cnc(-n3cnc(C(=O)O)c3)nc2N1C1CCCC1. The summed E-state index contributed by atoms with van der Waals surface area (Å²) in [6.07, 6.45) is 10.2. The van der Waals surface area contributed by atoms with Crippen LogP contribution in [0.5, 0.6) is 0 Å². The van der Waals surface area contributed by atoms with E-state index >= 15 is 0 Å². The largest absolute Gasteiger partial charge is 0.476 e. The van der Waals surface area contributed by atoms with E-state index in [1.54, 1.807) is 10.8 Å². The van der Waals surface area contributed by atoms with E-state index in [4.69, 9.17) is 10.1 Å². The van der Waals surface area contributed by atoms with E-state index in [1.807, 2.05) is 11.5 Å². The van der Waals surface area contributed by atoms with Gasteiger partial charge in [0.1, 0.15) is 17.8 Å². The number of carboxylic acids is 1. The van der Waals surface area contributed by atoms with Gasteiger partial charge in [0.05, 0.1) is 12.2 Å². The Bertz CT molecular complexity index is 1080. The van der Waals surface area contributed by atoms with Crippen LogP contribution in [0, 0.1) is 6.92 Å². The molecule has 4 heterocycles. The van der Waals surface area contributed by atoms with Crippen LogP contribution in [0.3, 0.4) is 0 Å². The first kappa shape index (κ1) is 17.8. The van der Waals surface area contributed by atoms with E-state index in [9.17, 15) is 4.79 Å². The van der Waals surface area contributed by atoms with Crippen LogP contribution in [0.2, 0.25) is 0 Å². The lowest BCUT2D eigenvalue weighted by molar-refractivity contribution is 0.0691. The lowest BCUT2D eigenvalue weighted by Crippen LogP contribution is -2.42. The van der Waals surface area contributed by atoms with Crippen LogP contribution in [0.1, 0.15) is 67.2 Å². The summed E-state index contributed by atoms with van der Waals surface area (Å²) in [5.41, 5.74) is 0.823. The Morgan fingerprint density at radius 1 is 1.24 bits per heavy atom. The topological polar surface area (TPSA) is 115 Å². The molecule has 1 fully saturated rings. The first-order valence-electron chi connectivity index (χ1n) is 9.93. The third kappa shape index (κ3) is 2.70. The molecule has 150 valence electrons. The molecule has 0 bridgehead atoms. The number of imidazole rings is 1. The van der Waals surface area contributed by atoms with Crippen molar-refractivity contribution >= 4 is 11.8 Å². The van der Waals surface area contributed by atoms with Gasteiger partial charge in [0.15, 0.2) is 17.3 Å². The molecule has 0 amide bonds. The van der Waals surface area contributed by atoms with Crippen LogP contribution >= 0.6 is 0 Å². The maximum absolute atomic E-state index is 11.2. The van der Waals surface area contributed by atoms with Gasteiger partial charge in [-0.1, -0.05) is 19.8 Å². The molecular weight excluding hydrogens is 372 g/mol. The second-order valence-electron chi connectivity index (χ2n) is 7.56. The standard InChI is InChI=1S/C19H22N8O2/c1-3-14-17-24-23-11(2)26(17)15-8-20-19(25-9-13(18(28)29)21-10-25)22-16(15)27(14)12-6-4-5-7-12/h8-10,12,14H,3-7H2,1-2H3,(H,28,29)/t14-/m1/s1. The van der Waals surface area contributed by atoms with E-state index in [1.165, 1.54) is 25.4 Å². The number of aromatic carboxylic acids is 1. The van der Waals surface area contributed by atoms with Crippen LogP contribution in [-0.2, 0) is 0 Å². The van der Waals surface area contributed by atoms with Gasteiger partial charge in [-0.15, -0.1) is 10.2 Å². The Morgan fingerprint density at radius 3 is 2.72 bits per heavy atom. The first-order valence-corrected chi connectivity index (χ1v) is 9.93. The molecule has 0 aromatic carbocycles. The molecule has 0 radical (unpaired) electrons. The molecule has 3 aromatic rings. The van der Waals surface area contributed by atoms with Gasteiger partial charge in [-0.25, -0.2) is 14.8 Å². The van der Waals surface area contributed by atoms with Gasteiger partial charge < -0.3 is 10.0 Å². The fraction of sp³-hybridized carbons (Fsp3) is 0.474. The fourth-order valence-corrected chi connectivity index (χ4v) is 4.53. The van der Waals surface area contributed by atoms with Gasteiger partial charge in [-0.3, -0.25) is 9.13 Å². The van der Waals surface area contributed by atoms with Crippen molar-refractivity contribution in [1.29, 1.82) is 0 Å². The van der Waals surface area contributed by atoms with Gasteiger partial charge in [0.2, 0.25) is 5.95 Å². The number of carboxylic acid groups (broad SMARTS) is 1. The van der Waals surface area contributed by atoms with Crippen LogP contribution in [-0.4, -0.2) is 51.4 Å². The van der Waals surface area contributed by atoms with E-state index in [-0.39, 0.29) is 11.7 Å². The average molecular weight is 394 g/mol. The summed E-state index contributed by atoms with van der Waals surface area (Å²) in [6, 6.07) is 0.483. The van der Waals surface area contributed by atoms with E-state index in [2.05, 4.69) is 32.0 Å². The molecule has 3 aromatic heterocycles. The quantitative estimate of drug-likeness (QED) is 0.718. The van der Waals surface area contributed by atoms with Crippen molar-refractivity contribution in [3.05, 3.63) is 36.1 Å². The highest BCUT2D eigenvalue weighted by molar-refractivity contribution is 5.85. The van der Waals surface area contributed by atoms with Crippen LogP contribution in [0.15, 0.2) is 18.7 Å². The number of aryl methyl sites for hydroxylation is 1. The average Bonchev–Trinajstić information content (AvgIpc) is 3.47. The summed E-state index contributed by atoms with van der Waals surface area (Å²) < 4.78 is 3.58. The van der Waals surface area contributed by atoms with Gasteiger partial charge in [0, 0.05) is 12.2 Å². The summed E-state index contributed by atoms with van der Waals surface area (Å²) in [4.78, 5) is 26.8. The Kier molecular flexibility index (Phi) is 4.07. The van der Waals surface area contributed by atoms with Gasteiger partial charge in [-0.2, -0.15) is 4.98 Å². The van der Waals surface area contributed by atoms with Crippen LogP contribution < -0.4 is 4.90 Å². The zero-order chi connectivity index (χ0) is 20.1. The van der Waals surface area contributed by atoms with Crippen molar-refractivity contribution in [1.82, 2.24) is 34.3 Å². The maximum Gasteiger partial charge on any atom is 0.356 e. The number of carbonyl (C=O) groups is 1. The monoisotopic (exact) mass is 394 g/mol. The highest BCUT2D eigenvalue weighted by Crippen LogP contribution is 2.43. The zero-order valence-corrected chi connectivity index (χ0v) is 16.4. The molecule has 2 aliphatic rings. The summed E-state index contributed by atoms with van der Waals surface area (Å²) in [7, 11) is 0. The van der Waals surface area contributed by atoms with E-state index in [0.29, 0.717) is 12.0 Å². The van der Waals surface area contributed by atoms with Crippen molar-refractivity contribution in [2.24, 2.45) is 0 Å². The number of hydrogen-bond donors (Lipinski definition) is 1. The molecule has 1 saturated carbocycles. The molecule has 10 nitrogen and oxygen atoms in total. The third-order valence-corrected chi connectivity index (χ3v) is 5.84. The smallest absolute Gasteiger partial charge is 0.356 e. The lowest BCUT2D eigenvalue weighted by atomic mass is 10.0. The highest BCUT2D eigenvalue weighted by atomic mass is 16.4. The van der Waals surface area contributed by atoms with E-state index < -0.39 is 5.97 Å². The highest BCUT2D eigenvalue weighted by Gasteiger charge is 2.39. The number of fused-ring (bicyclic) bond motifs is 3. The molecule has 0 unspecified atom stereocenters. The Hall–Kier alpha value is -3.30. The normalized spacial score (nSPS) is 18.7. The van der Waals surface area contributed by atoms with Gasteiger partial charge in [-0.05, 0) is 26.2 Å². The first-order chi connectivity index (χ1) is 14.1. The summed E-state index contributed by atoms with van der Waals surface area (Å²) in [5.74, 6) is 1.89. The Morgan fingerprint density at radius 2 is 2.03 bits per heavy atom. The van der Waals surface area contributed by atoms with Crippen molar-refractivity contribution in [3.8, 4) is 11.6 Å². The molecule has 10 heteroatoms. The molecule has 1 aliphatic heterocycles. The van der Waals surface area contributed by atoms with Gasteiger partial charge >= 0.3 is 5.97 Å². The van der Waals surface area contributed by atoms with Gasteiger partial charge in [0.25, 0.3) is 0 Å². The number of rotatable bonds is 4. The Balaban J connectivity index is 1.68. The Labute approximate surface area is 167 Å². The minimum atomic E-state index is -1.08. The number of aromatic nitrogens is 7. The second-order valence-corrected chi connectivity index (χ2v) is 7.56. The van der Waals surface area contributed by atoms with Crippen LogP contribution in [0.25, 0.3) is 11.6 Å². The fourth-order valence-electron chi connectivity index (χ4n) is 4.53. The lowest BCUT2D eigenvalue weighted by Gasteiger charge is -2.41. The third-order valence-electron chi connectivity index (χ3n) is 5.84. The number of anilines is 1. The minimum Gasteiger partial charge on any atom is -0.476 e. The molecule has 5 rings (SSSR count). The molecule has 1 atom stereocenters. The predicted molar refractivity (Wildman–Crippen MR) is 104 cm³/mol. The number of hydrogen-bond acceptors (Lipinski definition) is 7. The van der Waals surface area contributed by atoms with Crippen molar-refractivity contribution in [2.75, 3.05) is 4.90 Å². The maximum atomic E-state index is 11.2. The zero-order valence-electron chi connectivity index (χ0n) is 16.4. The molecule has 29 heavy (non-hydrogen) atoms. The van der Waals surface area contributed by atoms with Crippen LogP contribution in [0.4, 0.5) is 5.82 Å². The second kappa shape index (κ2) is 6.64. The molecular formula is C19H22N8O2. The predicted octanol–water partition coefficient (Wildman–Crippen LogP) is 2.46. The molecule has 1 aliphatic carbocycles. The number of nitrogens with zero attached hydrogens (tertiary/aromatic N) is 8.